The first-order valence-electron chi connectivity index (χ1n) is 9.44. The molecule has 0 aliphatic carbocycles. The lowest BCUT2D eigenvalue weighted by atomic mass is 10.1. The number of carbonyl (C=O) groups is 2. The molecule has 0 fully saturated rings. The predicted octanol–water partition coefficient (Wildman–Crippen LogP) is 4.49. The van der Waals surface area contributed by atoms with Crippen molar-refractivity contribution in [3.8, 4) is 5.75 Å². The average Bonchev–Trinajstić information content (AvgIpc) is 3.36. The van der Waals surface area contributed by atoms with Gasteiger partial charge in [-0.05, 0) is 37.3 Å². The molecule has 8 heteroatoms. The molecule has 2 aromatic carbocycles. The van der Waals surface area contributed by atoms with Crippen molar-refractivity contribution in [3.05, 3.63) is 76.4 Å². The number of rotatable bonds is 5. The van der Waals surface area contributed by atoms with E-state index in [4.69, 9.17) is 9.47 Å². The summed E-state index contributed by atoms with van der Waals surface area (Å²) in [6, 6.07) is 14.7. The van der Waals surface area contributed by atoms with Crippen molar-refractivity contribution in [2.75, 3.05) is 12.0 Å². The van der Waals surface area contributed by atoms with Gasteiger partial charge in [0, 0.05) is 23.9 Å². The van der Waals surface area contributed by atoms with Gasteiger partial charge in [-0.1, -0.05) is 23.8 Å². The monoisotopic (exact) mass is 433 g/mol. The number of thiazole rings is 1. The fraction of sp³-hybridized carbons (Fsp3) is 0.130. The molecule has 0 saturated carbocycles. The summed E-state index contributed by atoms with van der Waals surface area (Å²) in [5.74, 6) is 0.158. The average molecular weight is 433 g/mol. The molecule has 7 nitrogen and oxygen atoms in total. The second-order valence-electron chi connectivity index (χ2n) is 6.81. The van der Waals surface area contributed by atoms with Gasteiger partial charge in [-0.3, -0.25) is 9.69 Å². The second-order valence-corrected chi connectivity index (χ2v) is 7.65. The Morgan fingerprint density at radius 3 is 2.68 bits per heavy atom. The van der Waals surface area contributed by atoms with E-state index >= 15 is 0 Å². The van der Waals surface area contributed by atoms with E-state index in [1.165, 1.54) is 23.2 Å². The van der Waals surface area contributed by atoms with Gasteiger partial charge >= 0.3 is 5.97 Å². The minimum atomic E-state index is -0.540. The number of methoxy groups -OCH3 is 1. The zero-order valence-corrected chi connectivity index (χ0v) is 18.0. The number of esters is 1. The van der Waals surface area contributed by atoms with Crippen LogP contribution in [0.25, 0.3) is 6.08 Å². The van der Waals surface area contributed by atoms with Crippen molar-refractivity contribution >= 4 is 46.0 Å². The molecule has 156 valence electrons. The van der Waals surface area contributed by atoms with Gasteiger partial charge in [0.05, 0.1) is 18.5 Å². The normalized spacial score (nSPS) is 14.4. The highest BCUT2D eigenvalue weighted by Crippen LogP contribution is 2.32. The van der Waals surface area contributed by atoms with E-state index < -0.39 is 5.97 Å². The van der Waals surface area contributed by atoms with Crippen molar-refractivity contribution in [3.63, 3.8) is 0 Å². The van der Waals surface area contributed by atoms with Crippen LogP contribution in [0.5, 0.6) is 5.75 Å². The van der Waals surface area contributed by atoms with Gasteiger partial charge in [-0.2, -0.15) is 0 Å². The van der Waals surface area contributed by atoms with Crippen LogP contribution >= 0.6 is 11.3 Å². The van der Waals surface area contributed by atoms with E-state index in [9.17, 15) is 9.59 Å². The van der Waals surface area contributed by atoms with Crippen LogP contribution in [-0.4, -0.2) is 29.9 Å². The fourth-order valence-electron chi connectivity index (χ4n) is 2.99. The Hall–Kier alpha value is -3.78. The number of aryl methyl sites for hydroxylation is 1. The Balaban J connectivity index is 1.63. The molecule has 0 radical (unpaired) electrons. The van der Waals surface area contributed by atoms with Crippen LogP contribution in [0.1, 0.15) is 23.7 Å². The molecule has 0 bridgehead atoms. The Bertz CT molecular complexity index is 1210. The molecule has 0 saturated heterocycles. The van der Waals surface area contributed by atoms with Crippen molar-refractivity contribution in [2.45, 2.75) is 13.8 Å². The van der Waals surface area contributed by atoms with Crippen LogP contribution in [0.4, 0.5) is 10.8 Å². The highest BCUT2D eigenvalue weighted by molar-refractivity contribution is 7.14. The van der Waals surface area contributed by atoms with Crippen molar-refractivity contribution < 1.29 is 19.1 Å². The molecular weight excluding hydrogens is 414 g/mol. The number of ether oxygens (including phenoxy) is 2. The van der Waals surface area contributed by atoms with Gasteiger partial charge in [0.25, 0.3) is 0 Å². The highest BCUT2D eigenvalue weighted by Gasteiger charge is 2.25. The second kappa shape index (κ2) is 8.53. The van der Waals surface area contributed by atoms with Crippen LogP contribution in [0.15, 0.2) is 64.6 Å². The first-order valence-corrected chi connectivity index (χ1v) is 10.3. The lowest BCUT2D eigenvalue weighted by Gasteiger charge is -2.18. The number of aromatic nitrogens is 1. The smallest absolute Gasteiger partial charge is 0.363 e. The van der Waals surface area contributed by atoms with E-state index in [1.807, 2.05) is 31.2 Å². The third kappa shape index (κ3) is 4.39. The maximum absolute atomic E-state index is 12.3. The number of cyclic esters (lactones) is 1. The summed E-state index contributed by atoms with van der Waals surface area (Å²) in [5.41, 5.74) is 3.13. The Morgan fingerprint density at radius 2 is 1.97 bits per heavy atom. The predicted molar refractivity (Wildman–Crippen MR) is 120 cm³/mol. The third-order valence-corrected chi connectivity index (χ3v) is 5.38. The number of carbonyl (C=O) groups excluding carboxylic acids is 2. The Labute approximate surface area is 183 Å². The number of hydrogen-bond acceptors (Lipinski definition) is 7. The maximum atomic E-state index is 12.3. The van der Waals surface area contributed by atoms with Gasteiger partial charge in [-0.15, -0.1) is 11.3 Å². The topological polar surface area (TPSA) is 81.1 Å². The van der Waals surface area contributed by atoms with Gasteiger partial charge in [-0.25, -0.2) is 14.8 Å². The van der Waals surface area contributed by atoms with Gasteiger partial charge < -0.3 is 9.47 Å². The molecule has 1 amide bonds. The molecule has 4 rings (SSSR count). The molecular formula is C23H19N3O4S. The standard InChI is InChI=1S/C23H19N3O4S/c1-14-7-9-16(10-8-14)21-25-20(22(28)30-21)11-17-13-31-23(24-17)26(15(2)27)18-5-4-6-19(12-18)29-3/h4-13H,1-3H3/b20-11-. The first-order chi connectivity index (χ1) is 14.9. The third-order valence-electron chi connectivity index (χ3n) is 4.53. The summed E-state index contributed by atoms with van der Waals surface area (Å²) < 4.78 is 10.5. The molecule has 3 aromatic rings. The summed E-state index contributed by atoms with van der Waals surface area (Å²) in [5, 5.41) is 2.23. The number of amides is 1. The van der Waals surface area contributed by atoms with E-state index in [2.05, 4.69) is 9.98 Å². The Kier molecular flexibility index (Phi) is 5.64. The van der Waals surface area contributed by atoms with Crippen molar-refractivity contribution in [1.29, 1.82) is 0 Å². The van der Waals surface area contributed by atoms with E-state index in [-0.39, 0.29) is 17.5 Å². The van der Waals surface area contributed by atoms with Crippen LogP contribution in [0, 0.1) is 6.92 Å². The maximum Gasteiger partial charge on any atom is 0.363 e. The zero-order valence-electron chi connectivity index (χ0n) is 17.2. The fourth-order valence-corrected chi connectivity index (χ4v) is 3.83. The summed E-state index contributed by atoms with van der Waals surface area (Å²) in [6.07, 6.45) is 1.55. The minimum Gasteiger partial charge on any atom is -0.497 e. The molecule has 1 aliphatic heterocycles. The SMILES string of the molecule is COc1cccc(N(C(C)=O)c2nc(/C=C3\N=C(c4ccc(C)cc4)OC3=O)cs2)c1. The largest absolute Gasteiger partial charge is 0.497 e. The summed E-state index contributed by atoms with van der Waals surface area (Å²) >= 11 is 1.29. The number of aliphatic imine (C=N–C) groups is 1. The number of nitrogens with zero attached hydrogens (tertiary/aromatic N) is 3. The van der Waals surface area contributed by atoms with Crippen LogP contribution in [0.3, 0.4) is 0 Å². The highest BCUT2D eigenvalue weighted by atomic mass is 32.1. The molecule has 0 spiro atoms. The lowest BCUT2D eigenvalue weighted by Crippen LogP contribution is -2.22. The minimum absolute atomic E-state index is 0.156. The number of benzene rings is 2. The summed E-state index contributed by atoms with van der Waals surface area (Å²) in [4.78, 5) is 34.9. The first kappa shape index (κ1) is 20.5. The van der Waals surface area contributed by atoms with E-state index in [0.717, 1.165) is 11.1 Å². The van der Waals surface area contributed by atoms with E-state index in [1.54, 1.807) is 42.8 Å². The lowest BCUT2D eigenvalue weighted by molar-refractivity contribution is -0.130. The molecule has 31 heavy (non-hydrogen) atoms. The molecule has 1 aliphatic rings. The molecule has 0 atom stereocenters. The number of anilines is 2. The van der Waals surface area contributed by atoms with Crippen LogP contribution in [0.2, 0.25) is 0 Å². The van der Waals surface area contributed by atoms with Crippen molar-refractivity contribution in [2.24, 2.45) is 4.99 Å². The molecule has 1 aromatic heterocycles. The van der Waals surface area contributed by atoms with Crippen LogP contribution < -0.4 is 9.64 Å². The Morgan fingerprint density at radius 1 is 1.19 bits per heavy atom. The molecule has 2 heterocycles. The van der Waals surface area contributed by atoms with Crippen LogP contribution in [-0.2, 0) is 14.3 Å². The zero-order chi connectivity index (χ0) is 22.0. The van der Waals surface area contributed by atoms with Crippen molar-refractivity contribution in [1.82, 2.24) is 4.98 Å². The summed E-state index contributed by atoms with van der Waals surface area (Å²) in [7, 11) is 1.57. The van der Waals surface area contributed by atoms with E-state index in [0.29, 0.717) is 22.3 Å². The quantitative estimate of drug-likeness (QED) is 0.437. The van der Waals surface area contributed by atoms with Gasteiger partial charge in [0.15, 0.2) is 10.8 Å². The number of hydrogen-bond donors (Lipinski definition) is 0. The van der Waals surface area contributed by atoms with Gasteiger partial charge in [0.1, 0.15) is 5.75 Å². The molecule has 0 unspecified atom stereocenters. The molecule has 0 N–H and O–H groups in total. The van der Waals surface area contributed by atoms with Gasteiger partial charge in [0.2, 0.25) is 11.8 Å². The summed E-state index contributed by atoms with van der Waals surface area (Å²) in [6.45, 7) is 3.44.